The number of aromatic nitrogens is 1. The Kier molecular flexibility index (Phi) is 3.07. The van der Waals surface area contributed by atoms with Crippen molar-refractivity contribution in [3.8, 4) is 0 Å². The number of hydrazine groups is 1. The summed E-state index contributed by atoms with van der Waals surface area (Å²) >= 11 is 0. The molecule has 1 aromatic heterocycles. The smallest absolute Gasteiger partial charge is 0.259 e. The molecule has 3 N–H and O–H groups in total. The zero-order valence-corrected chi connectivity index (χ0v) is 8.40. The molecule has 0 fully saturated rings. The van der Waals surface area contributed by atoms with E-state index in [4.69, 9.17) is 5.84 Å². The van der Waals surface area contributed by atoms with Crippen LogP contribution in [-0.4, -0.2) is 11.4 Å². The Labute approximate surface area is 91.3 Å². The molecule has 84 valence electrons. The number of hydrogen-bond donors (Lipinski definition) is 2. The largest absolute Gasteiger partial charge is 0.271 e. The van der Waals surface area contributed by atoms with Crippen molar-refractivity contribution < 1.29 is 8.78 Å². The predicted octanol–water partition coefficient (Wildman–Crippen LogP) is 2.00. The van der Waals surface area contributed by atoms with Gasteiger partial charge in [-0.15, -0.1) is 0 Å². The summed E-state index contributed by atoms with van der Waals surface area (Å²) in [6.07, 6.45) is -0.997. The summed E-state index contributed by atoms with van der Waals surface area (Å²) in [5.41, 5.74) is 3.08. The maximum atomic E-state index is 12.7. The quantitative estimate of drug-likeness (QED) is 0.618. The Morgan fingerprint density at radius 2 is 1.94 bits per heavy atom. The van der Waals surface area contributed by atoms with Gasteiger partial charge in [0, 0.05) is 17.1 Å². The normalized spacial score (nSPS) is 13.2. The highest BCUT2D eigenvalue weighted by Gasteiger charge is 2.22. The fourth-order valence-electron chi connectivity index (χ4n) is 1.68. The number of benzene rings is 1. The monoisotopic (exact) mass is 223 g/mol. The summed E-state index contributed by atoms with van der Waals surface area (Å²) < 4.78 is 25.5. The van der Waals surface area contributed by atoms with Crippen LogP contribution in [0.3, 0.4) is 0 Å². The molecule has 2 rings (SSSR count). The van der Waals surface area contributed by atoms with Crippen molar-refractivity contribution >= 4 is 10.9 Å². The molecule has 0 aliphatic rings. The second-order valence-corrected chi connectivity index (χ2v) is 3.40. The van der Waals surface area contributed by atoms with Crippen LogP contribution < -0.4 is 11.3 Å². The number of alkyl halides is 2. The molecule has 2 aromatic rings. The van der Waals surface area contributed by atoms with E-state index in [0.29, 0.717) is 11.1 Å². The number of halogens is 2. The van der Waals surface area contributed by atoms with E-state index in [0.717, 1.165) is 5.39 Å². The van der Waals surface area contributed by atoms with Crippen molar-refractivity contribution in [3.63, 3.8) is 0 Å². The van der Waals surface area contributed by atoms with Crippen molar-refractivity contribution in [2.75, 3.05) is 0 Å². The van der Waals surface area contributed by atoms with Crippen LogP contribution in [0.1, 0.15) is 11.6 Å². The molecule has 0 spiro atoms. The van der Waals surface area contributed by atoms with Gasteiger partial charge in [-0.05, 0) is 6.07 Å². The van der Waals surface area contributed by atoms with Crippen molar-refractivity contribution in [1.29, 1.82) is 0 Å². The van der Waals surface area contributed by atoms with E-state index in [1.54, 1.807) is 24.4 Å². The molecule has 3 nitrogen and oxygen atoms in total. The van der Waals surface area contributed by atoms with Crippen molar-refractivity contribution in [1.82, 2.24) is 10.4 Å². The first-order chi connectivity index (χ1) is 7.74. The molecule has 0 radical (unpaired) electrons. The predicted molar refractivity (Wildman–Crippen MR) is 57.8 cm³/mol. The van der Waals surface area contributed by atoms with Crippen molar-refractivity contribution in [3.05, 3.63) is 42.1 Å². The molecular weight excluding hydrogens is 212 g/mol. The van der Waals surface area contributed by atoms with Gasteiger partial charge in [0.05, 0.1) is 5.52 Å². The summed E-state index contributed by atoms with van der Waals surface area (Å²) in [7, 11) is 0. The van der Waals surface area contributed by atoms with Crippen LogP contribution in [0, 0.1) is 0 Å². The number of nitrogens with two attached hydrogens (primary N) is 1. The molecule has 16 heavy (non-hydrogen) atoms. The zero-order chi connectivity index (χ0) is 11.5. The lowest BCUT2D eigenvalue weighted by Gasteiger charge is -2.16. The third-order valence-corrected chi connectivity index (χ3v) is 2.43. The second-order valence-electron chi connectivity index (χ2n) is 3.40. The highest BCUT2D eigenvalue weighted by Crippen LogP contribution is 2.25. The van der Waals surface area contributed by atoms with Crippen LogP contribution in [0.15, 0.2) is 36.5 Å². The highest BCUT2D eigenvalue weighted by molar-refractivity contribution is 5.82. The molecule has 0 saturated heterocycles. The third-order valence-electron chi connectivity index (χ3n) is 2.43. The Hall–Kier alpha value is -1.59. The number of pyridine rings is 1. The van der Waals surface area contributed by atoms with Gasteiger partial charge in [-0.25, -0.2) is 14.2 Å². The molecule has 0 bridgehead atoms. The van der Waals surface area contributed by atoms with E-state index in [9.17, 15) is 8.78 Å². The second kappa shape index (κ2) is 4.51. The average Bonchev–Trinajstić information content (AvgIpc) is 2.30. The Balaban J connectivity index is 2.59. The van der Waals surface area contributed by atoms with E-state index in [-0.39, 0.29) is 0 Å². The third kappa shape index (κ3) is 1.87. The van der Waals surface area contributed by atoms with Gasteiger partial charge in [0.15, 0.2) is 0 Å². The van der Waals surface area contributed by atoms with Gasteiger partial charge in [0.1, 0.15) is 6.04 Å². The van der Waals surface area contributed by atoms with Crippen LogP contribution >= 0.6 is 0 Å². The topological polar surface area (TPSA) is 50.9 Å². The molecule has 0 aliphatic heterocycles. The van der Waals surface area contributed by atoms with E-state index in [1.165, 1.54) is 0 Å². The summed E-state index contributed by atoms with van der Waals surface area (Å²) in [6.45, 7) is 0. The number of para-hydroxylation sites is 1. The molecule has 1 atom stereocenters. The number of nitrogens with one attached hydrogen (secondary N) is 1. The Morgan fingerprint density at radius 1 is 1.19 bits per heavy atom. The first kappa shape index (κ1) is 10.9. The molecule has 1 heterocycles. The van der Waals surface area contributed by atoms with Crippen LogP contribution in [0.4, 0.5) is 8.78 Å². The van der Waals surface area contributed by atoms with Crippen LogP contribution in [0.2, 0.25) is 0 Å². The van der Waals surface area contributed by atoms with Gasteiger partial charge >= 0.3 is 0 Å². The standard InChI is InChI=1S/C11H11F2N3/c12-11(13)10(16-14)8-5-1-3-7-4-2-6-15-9(7)8/h1-6,10-11,16H,14H2. The van der Waals surface area contributed by atoms with Crippen LogP contribution in [0.25, 0.3) is 10.9 Å². The zero-order valence-electron chi connectivity index (χ0n) is 8.40. The maximum absolute atomic E-state index is 12.7. The van der Waals surface area contributed by atoms with Gasteiger partial charge in [0.25, 0.3) is 6.43 Å². The minimum atomic E-state index is -2.57. The average molecular weight is 223 g/mol. The maximum Gasteiger partial charge on any atom is 0.259 e. The Bertz CT molecular complexity index is 482. The van der Waals surface area contributed by atoms with Gasteiger partial charge < -0.3 is 0 Å². The van der Waals surface area contributed by atoms with Crippen molar-refractivity contribution in [2.24, 2.45) is 5.84 Å². The first-order valence-electron chi connectivity index (χ1n) is 4.82. The van der Waals surface area contributed by atoms with E-state index < -0.39 is 12.5 Å². The molecule has 0 amide bonds. The number of fused-ring (bicyclic) bond motifs is 1. The number of nitrogens with zero attached hydrogens (tertiary/aromatic N) is 1. The molecule has 5 heteroatoms. The summed E-state index contributed by atoms with van der Waals surface area (Å²) in [5, 5.41) is 0.820. The van der Waals surface area contributed by atoms with E-state index in [1.807, 2.05) is 12.1 Å². The van der Waals surface area contributed by atoms with Gasteiger partial charge in [-0.1, -0.05) is 24.3 Å². The van der Waals surface area contributed by atoms with Gasteiger partial charge in [-0.2, -0.15) is 0 Å². The SMILES string of the molecule is NNC(c1cccc2cccnc12)C(F)F. The molecule has 1 unspecified atom stereocenters. The van der Waals surface area contributed by atoms with Crippen molar-refractivity contribution in [2.45, 2.75) is 12.5 Å². The fourth-order valence-corrected chi connectivity index (χ4v) is 1.68. The van der Waals surface area contributed by atoms with Gasteiger partial charge in [-0.3, -0.25) is 10.8 Å². The molecule has 0 saturated carbocycles. The molecular formula is C11H11F2N3. The molecule has 0 aliphatic carbocycles. The first-order valence-corrected chi connectivity index (χ1v) is 4.82. The highest BCUT2D eigenvalue weighted by atomic mass is 19.3. The van der Waals surface area contributed by atoms with Crippen LogP contribution in [0.5, 0.6) is 0 Å². The lowest BCUT2D eigenvalue weighted by Crippen LogP contribution is -2.33. The number of hydrogen-bond acceptors (Lipinski definition) is 3. The minimum Gasteiger partial charge on any atom is -0.271 e. The van der Waals surface area contributed by atoms with E-state index >= 15 is 0 Å². The molecule has 1 aromatic carbocycles. The van der Waals surface area contributed by atoms with Gasteiger partial charge in [0.2, 0.25) is 0 Å². The summed E-state index contributed by atoms with van der Waals surface area (Å²) in [5.74, 6) is 5.14. The lowest BCUT2D eigenvalue weighted by atomic mass is 10.0. The lowest BCUT2D eigenvalue weighted by molar-refractivity contribution is 0.0992. The number of rotatable bonds is 3. The fraction of sp³-hybridized carbons (Fsp3) is 0.182. The van der Waals surface area contributed by atoms with E-state index in [2.05, 4.69) is 10.4 Å². The van der Waals surface area contributed by atoms with Crippen LogP contribution in [-0.2, 0) is 0 Å². The minimum absolute atomic E-state index is 0.413. The Morgan fingerprint density at radius 3 is 2.62 bits per heavy atom. The summed E-state index contributed by atoms with van der Waals surface area (Å²) in [6, 6.07) is 7.53. The summed E-state index contributed by atoms with van der Waals surface area (Å²) in [4.78, 5) is 4.10.